The van der Waals surface area contributed by atoms with Crippen LogP contribution in [0.25, 0.3) is 0 Å². The van der Waals surface area contributed by atoms with Crippen LogP contribution in [-0.2, 0) is 11.2 Å². The summed E-state index contributed by atoms with van der Waals surface area (Å²) in [6, 6.07) is 10.1. The zero-order valence-electron chi connectivity index (χ0n) is 9.19. The maximum absolute atomic E-state index is 11.1. The van der Waals surface area contributed by atoms with E-state index in [1.807, 2.05) is 37.3 Å². The van der Waals surface area contributed by atoms with Crippen LogP contribution in [0.4, 0.5) is 4.79 Å². The van der Waals surface area contributed by atoms with Gasteiger partial charge in [0.1, 0.15) is 0 Å². The van der Waals surface area contributed by atoms with Gasteiger partial charge in [-0.15, -0.1) is 0 Å². The smallest absolute Gasteiger partial charge is 0.407 e. The molecule has 15 heavy (non-hydrogen) atoms. The Hall–Kier alpha value is -1.51. The fourth-order valence-electron chi connectivity index (χ4n) is 1.39. The number of carbonyl (C=O) groups is 1. The van der Waals surface area contributed by atoms with Crippen LogP contribution in [0, 0.1) is 0 Å². The van der Waals surface area contributed by atoms with Crippen LogP contribution >= 0.6 is 0 Å². The van der Waals surface area contributed by atoms with Gasteiger partial charge >= 0.3 is 6.09 Å². The van der Waals surface area contributed by atoms with Gasteiger partial charge in [-0.05, 0) is 25.8 Å². The minimum atomic E-state index is -0.346. The molecule has 1 aromatic rings. The highest BCUT2D eigenvalue weighted by atomic mass is 16.5. The van der Waals surface area contributed by atoms with Crippen molar-refractivity contribution >= 4 is 6.09 Å². The molecule has 0 heterocycles. The molecule has 1 rings (SSSR count). The lowest BCUT2D eigenvalue weighted by Gasteiger charge is -2.13. The molecule has 1 amide bonds. The second-order valence-corrected chi connectivity index (χ2v) is 3.46. The highest BCUT2D eigenvalue weighted by Gasteiger charge is 2.07. The van der Waals surface area contributed by atoms with Crippen molar-refractivity contribution in [1.82, 2.24) is 5.32 Å². The molecule has 1 unspecified atom stereocenters. The van der Waals surface area contributed by atoms with Gasteiger partial charge in [-0.3, -0.25) is 0 Å². The van der Waals surface area contributed by atoms with E-state index in [9.17, 15) is 4.79 Å². The Morgan fingerprint density at radius 3 is 2.67 bits per heavy atom. The first-order chi connectivity index (χ1) is 7.22. The van der Waals surface area contributed by atoms with Crippen molar-refractivity contribution < 1.29 is 9.53 Å². The first-order valence-electron chi connectivity index (χ1n) is 5.19. The van der Waals surface area contributed by atoms with E-state index in [4.69, 9.17) is 4.74 Å². The Balaban J connectivity index is 2.36. The molecule has 0 radical (unpaired) electrons. The molecular formula is C12H17NO2. The van der Waals surface area contributed by atoms with Gasteiger partial charge in [0.15, 0.2) is 0 Å². The normalized spacial score (nSPS) is 11.9. The van der Waals surface area contributed by atoms with E-state index in [2.05, 4.69) is 5.32 Å². The van der Waals surface area contributed by atoms with E-state index in [0.29, 0.717) is 6.61 Å². The third kappa shape index (κ3) is 4.49. The predicted octanol–water partition coefficient (Wildman–Crippen LogP) is 2.36. The van der Waals surface area contributed by atoms with Crippen molar-refractivity contribution in [3.63, 3.8) is 0 Å². The van der Waals surface area contributed by atoms with Gasteiger partial charge in [0.25, 0.3) is 0 Å². The number of benzene rings is 1. The maximum Gasteiger partial charge on any atom is 0.407 e. The SMILES string of the molecule is CCOC(=O)NC(C)Cc1ccccc1. The minimum Gasteiger partial charge on any atom is -0.450 e. The number of alkyl carbamates (subject to hydrolysis) is 1. The number of hydrogen-bond acceptors (Lipinski definition) is 2. The highest BCUT2D eigenvalue weighted by Crippen LogP contribution is 2.02. The number of rotatable bonds is 4. The van der Waals surface area contributed by atoms with Gasteiger partial charge in [0, 0.05) is 6.04 Å². The fourth-order valence-corrected chi connectivity index (χ4v) is 1.39. The van der Waals surface area contributed by atoms with Crippen LogP contribution in [0.15, 0.2) is 30.3 Å². The summed E-state index contributed by atoms with van der Waals surface area (Å²) in [5.74, 6) is 0. The summed E-state index contributed by atoms with van der Waals surface area (Å²) >= 11 is 0. The quantitative estimate of drug-likeness (QED) is 0.823. The zero-order chi connectivity index (χ0) is 11.1. The molecule has 82 valence electrons. The van der Waals surface area contributed by atoms with Crippen LogP contribution in [0.3, 0.4) is 0 Å². The molecule has 0 aliphatic heterocycles. The Morgan fingerprint density at radius 2 is 2.07 bits per heavy atom. The molecule has 1 atom stereocenters. The van der Waals surface area contributed by atoms with Crippen molar-refractivity contribution in [2.24, 2.45) is 0 Å². The molecule has 1 aromatic carbocycles. The van der Waals surface area contributed by atoms with Gasteiger partial charge in [-0.1, -0.05) is 30.3 Å². The van der Waals surface area contributed by atoms with E-state index >= 15 is 0 Å². The summed E-state index contributed by atoms with van der Waals surface area (Å²) in [5, 5.41) is 2.77. The molecule has 0 spiro atoms. The van der Waals surface area contributed by atoms with E-state index in [1.54, 1.807) is 6.92 Å². The highest BCUT2D eigenvalue weighted by molar-refractivity contribution is 5.67. The van der Waals surface area contributed by atoms with Gasteiger partial charge in [-0.25, -0.2) is 4.79 Å². The monoisotopic (exact) mass is 207 g/mol. The lowest BCUT2D eigenvalue weighted by molar-refractivity contribution is 0.149. The van der Waals surface area contributed by atoms with Crippen LogP contribution in [0.1, 0.15) is 19.4 Å². The zero-order valence-corrected chi connectivity index (χ0v) is 9.19. The van der Waals surface area contributed by atoms with Crippen molar-refractivity contribution in [3.8, 4) is 0 Å². The Kier molecular flexibility index (Phi) is 4.68. The van der Waals surface area contributed by atoms with Crippen LogP contribution in [-0.4, -0.2) is 18.7 Å². The maximum atomic E-state index is 11.1. The van der Waals surface area contributed by atoms with E-state index in [1.165, 1.54) is 5.56 Å². The molecule has 0 aromatic heterocycles. The van der Waals surface area contributed by atoms with Crippen LogP contribution in [0.2, 0.25) is 0 Å². The second kappa shape index (κ2) is 6.06. The van der Waals surface area contributed by atoms with Gasteiger partial charge in [0.05, 0.1) is 6.61 Å². The largest absolute Gasteiger partial charge is 0.450 e. The van der Waals surface area contributed by atoms with Crippen molar-refractivity contribution in [2.75, 3.05) is 6.61 Å². The second-order valence-electron chi connectivity index (χ2n) is 3.46. The van der Waals surface area contributed by atoms with Crippen LogP contribution < -0.4 is 5.32 Å². The molecule has 0 saturated carbocycles. The lowest BCUT2D eigenvalue weighted by atomic mass is 10.1. The van der Waals surface area contributed by atoms with Gasteiger partial charge in [0.2, 0.25) is 0 Å². The molecule has 0 saturated heterocycles. The first kappa shape index (κ1) is 11.6. The molecule has 0 bridgehead atoms. The molecule has 0 fully saturated rings. The Morgan fingerprint density at radius 1 is 1.40 bits per heavy atom. The number of amides is 1. The van der Waals surface area contributed by atoms with E-state index in [-0.39, 0.29) is 12.1 Å². The molecule has 3 heteroatoms. The van der Waals surface area contributed by atoms with Crippen molar-refractivity contribution in [3.05, 3.63) is 35.9 Å². The fraction of sp³-hybridized carbons (Fsp3) is 0.417. The average molecular weight is 207 g/mol. The van der Waals surface area contributed by atoms with Crippen molar-refractivity contribution in [1.29, 1.82) is 0 Å². The average Bonchev–Trinajstić information content (AvgIpc) is 2.19. The lowest BCUT2D eigenvalue weighted by Crippen LogP contribution is -2.34. The van der Waals surface area contributed by atoms with Gasteiger partial charge < -0.3 is 10.1 Å². The van der Waals surface area contributed by atoms with Gasteiger partial charge in [-0.2, -0.15) is 0 Å². The van der Waals surface area contributed by atoms with E-state index in [0.717, 1.165) is 6.42 Å². The van der Waals surface area contributed by atoms with Crippen molar-refractivity contribution in [2.45, 2.75) is 26.3 Å². The molecule has 3 nitrogen and oxygen atoms in total. The van der Waals surface area contributed by atoms with E-state index < -0.39 is 0 Å². The summed E-state index contributed by atoms with van der Waals surface area (Å²) < 4.78 is 4.80. The molecule has 0 aliphatic carbocycles. The number of hydrogen-bond donors (Lipinski definition) is 1. The topological polar surface area (TPSA) is 38.3 Å². The first-order valence-corrected chi connectivity index (χ1v) is 5.19. The Labute approximate surface area is 90.4 Å². The summed E-state index contributed by atoms with van der Waals surface area (Å²) in [5.41, 5.74) is 1.21. The molecular weight excluding hydrogens is 190 g/mol. The third-order valence-corrected chi connectivity index (χ3v) is 2.02. The summed E-state index contributed by atoms with van der Waals surface area (Å²) in [6.07, 6.45) is 0.473. The predicted molar refractivity (Wildman–Crippen MR) is 59.8 cm³/mol. The molecule has 0 aliphatic rings. The van der Waals surface area contributed by atoms with Crippen LogP contribution in [0.5, 0.6) is 0 Å². The summed E-state index contributed by atoms with van der Waals surface area (Å²) in [6.45, 7) is 4.16. The number of ether oxygens (including phenoxy) is 1. The standard InChI is InChI=1S/C12H17NO2/c1-3-15-12(14)13-10(2)9-11-7-5-4-6-8-11/h4-8,10H,3,9H2,1-2H3,(H,13,14). The third-order valence-electron chi connectivity index (χ3n) is 2.02. The minimum absolute atomic E-state index is 0.0893. The summed E-state index contributed by atoms with van der Waals surface area (Å²) in [7, 11) is 0. The number of carbonyl (C=O) groups excluding carboxylic acids is 1. The Bertz CT molecular complexity index is 298. The molecule has 1 N–H and O–H groups in total. The summed E-state index contributed by atoms with van der Waals surface area (Å²) in [4.78, 5) is 11.1. The number of nitrogens with one attached hydrogen (secondary N) is 1.